The molecule has 8 rings (SSSR count). The number of carbonyl (C=O) groups excluding carboxylic acids is 4. The summed E-state index contributed by atoms with van der Waals surface area (Å²) in [6.45, 7) is 7.05. The quantitative estimate of drug-likeness (QED) is 0.304. The predicted molar refractivity (Wildman–Crippen MR) is 144 cm³/mol. The molecule has 218 valence electrons. The van der Waals surface area contributed by atoms with E-state index in [0.29, 0.717) is 31.1 Å². The highest BCUT2D eigenvalue weighted by Crippen LogP contribution is 2.82. The first kappa shape index (κ1) is 26.1. The van der Waals surface area contributed by atoms with Gasteiger partial charge in [-0.2, -0.15) is 0 Å². The molecule has 5 fully saturated rings. The molecule has 8 aliphatic rings. The van der Waals surface area contributed by atoms with Gasteiger partial charge in [0.15, 0.2) is 5.78 Å². The van der Waals surface area contributed by atoms with Crippen molar-refractivity contribution in [2.75, 3.05) is 13.7 Å². The van der Waals surface area contributed by atoms with Crippen molar-refractivity contribution in [1.82, 2.24) is 0 Å². The molecule has 5 saturated carbocycles. The number of rotatable bonds is 4. The summed E-state index contributed by atoms with van der Waals surface area (Å²) in [4.78, 5) is 53.4. The van der Waals surface area contributed by atoms with E-state index in [0.717, 1.165) is 24.0 Å². The third-order valence-corrected chi connectivity index (χ3v) is 13.6. The van der Waals surface area contributed by atoms with Gasteiger partial charge >= 0.3 is 11.9 Å². The Morgan fingerprint density at radius 2 is 1.80 bits per heavy atom. The molecule has 1 aliphatic heterocycles. The van der Waals surface area contributed by atoms with Crippen molar-refractivity contribution in [2.45, 2.75) is 71.5 Å². The smallest absolute Gasteiger partial charge is 0.337 e. The van der Waals surface area contributed by atoms with E-state index in [4.69, 9.17) is 9.47 Å². The van der Waals surface area contributed by atoms with E-state index in [1.807, 2.05) is 6.92 Å². The average molecular weight is 563 g/mol. The first-order valence-electron chi connectivity index (χ1n) is 15.2. The molecule has 0 unspecified atom stereocenters. The second-order valence-corrected chi connectivity index (χ2v) is 14.7. The molecule has 0 aromatic carbocycles. The van der Waals surface area contributed by atoms with Gasteiger partial charge < -0.3 is 24.5 Å². The van der Waals surface area contributed by atoms with Crippen LogP contribution in [0.4, 0.5) is 0 Å². The molecule has 8 nitrogen and oxygen atoms in total. The van der Waals surface area contributed by atoms with Crippen LogP contribution in [0.5, 0.6) is 0 Å². The second-order valence-electron chi connectivity index (χ2n) is 14.7. The standard InChI is InChI=1S/C33H38O8/c1-12(35)6-14-15-7-19(15)31(3)21(14)10-22-18(11-34)30(39)41-33(22)23(31)9-17-16-8-20(16)32(4)25(17)26(33)24(27(36)28(32)37)13(2)29(38)40-5/h14-16,19-21,23,26,28,34,37H,6-11H2,1-5H3/t14-,15-,16-,19-,20-,21+,23+,26+,28+,31+,32+,33+/m1/s1. The van der Waals surface area contributed by atoms with Crippen molar-refractivity contribution in [3.05, 3.63) is 33.4 Å². The van der Waals surface area contributed by atoms with Gasteiger partial charge in [-0.05, 0) is 91.6 Å². The molecular formula is C33H38O8. The molecule has 0 saturated heterocycles. The van der Waals surface area contributed by atoms with E-state index in [-0.39, 0.29) is 57.5 Å². The lowest BCUT2D eigenvalue weighted by atomic mass is 9.42. The van der Waals surface area contributed by atoms with E-state index in [1.54, 1.807) is 13.8 Å². The summed E-state index contributed by atoms with van der Waals surface area (Å²) in [6.07, 6.45) is 2.40. The maximum Gasteiger partial charge on any atom is 0.337 e. The summed E-state index contributed by atoms with van der Waals surface area (Å²) in [5, 5.41) is 22.2. The molecule has 2 N–H and O–H groups in total. The average Bonchev–Trinajstić information content (AvgIpc) is 3.83. The Hall–Kier alpha value is -2.58. The third-order valence-electron chi connectivity index (χ3n) is 13.6. The zero-order valence-electron chi connectivity index (χ0n) is 24.3. The van der Waals surface area contributed by atoms with Gasteiger partial charge in [0.2, 0.25) is 0 Å². The number of methoxy groups -OCH3 is 1. The number of allylic oxidation sites excluding steroid dienone is 1. The van der Waals surface area contributed by atoms with Crippen LogP contribution in [-0.4, -0.2) is 59.1 Å². The molecule has 1 spiro atoms. The van der Waals surface area contributed by atoms with Crippen LogP contribution in [0.2, 0.25) is 0 Å². The number of ketones is 2. The molecule has 0 bridgehead atoms. The molecular weight excluding hydrogens is 524 g/mol. The van der Waals surface area contributed by atoms with Gasteiger partial charge in [0.05, 0.1) is 25.2 Å². The van der Waals surface area contributed by atoms with Gasteiger partial charge in [-0.25, -0.2) is 9.59 Å². The number of carbonyl (C=O) groups is 4. The van der Waals surface area contributed by atoms with Crippen molar-refractivity contribution in [3.8, 4) is 0 Å². The second kappa shape index (κ2) is 7.67. The van der Waals surface area contributed by atoms with Crippen molar-refractivity contribution in [1.29, 1.82) is 0 Å². The minimum Gasteiger partial charge on any atom is -0.466 e. The number of esters is 2. The molecule has 0 aromatic heterocycles. The van der Waals surface area contributed by atoms with Gasteiger partial charge in [0.1, 0.15) is 17.5 Å². The van der Waals surface area contributed by atoms with Crippen molar-refractivity contribution in [2.24, 2.45) is 58.2 Å². The fourth-order valence-corrected chi connectivity index (χ4v) is 11.9. The van der Waals surface area contributed by atoms with E-state index in [9.17, 15) is 29.4 Å². The lowest BCUT2D eigenvalue weighted by Gasteiger charge is -2.63. The Labute approximate surface area is 239 Å². The summed E-state index contributed by atoms with van der Waals surface area (Å²) in [7, 11) is 1.27. The summed E-state index contributed by atoms with van der Waals surface area (Å²) in [6, 6.07) is 0. The van der Waals surface area contributed by atoms with Gasteiger partial charge in [-0.1, -0.05) is 19.4 Å². The summed E-state index contributed by atoms with van der Waals surface area (Å²) >= 11 is 0. The summed E-state index contributed by atoms with van der Waals surface area (Å²) in [5.41, 5.74) is 1.29. The minimum atomic E-state index is -1.29. The Morgan fingerprint density at radius 1 is 1.07 bits per heavy atom. The van der Waals surface area contributed by atoms with Gasteiger partial charge in [0.25, 0.3) is 0 Å². The van der Waals surface area contributed by atoms with Crippen LogP contribution in [0.15, 0.2) is 33.4 Å². The normalized spacial score (nSPS) is 50.8. The number of aliphatic hydroxyl groups excluding tert-OH is 2. The van der Waals surface area contributed by atoms with Crippen molar-refractivity contribution < 1.29 is 38.9 Å². The molecule has 0 amide bonds. The van der Waals surface area contributed by atoms with Crippen LogP contribution in [0.1, 0.15) is 59.8 Å². The van der Waals surface area contributed by atoms with E-state index < -0.39 is 47.4 Å². The predicted octanol–water partition coefficient (Wildman–Crippen LogP) is 2.86. The van der Waals surface area contributed by atoms with Crippen LogP contribution >= 0.6 is 0 Å². The number of ether oxygens (including phenoxy) is 2. The zero-order chi connectivity index (χ0) is 29.1. The fourth-order valence-electron chi connectivity index (χ4n) is 11.9. The molecule has 0 radical (unpaired) electrons. The van der Waals surface area contributed by atoms with Crippen molar-refractivity contribution >= 4 is 23.5 Å². The highest BCUT2D eigenvalue weighted by atomic mass is 16.6. The Morgan fingerprint density at radius 3 is 2.46 bits per heavy atom. The molecule has 0 aromatic rings. The van der Waals surface area contributed by atoms with Crippen LogP contribution in [-0.2, 0) is 28.7 Å². The summed E-state index contributed by atoms with van der Waals surface area (Å²) < 4.78 is 11.7. The monoisotopic (exact) mass is 562 g/mol. The summed E-state index contributed by atoms with van der Waals surface area (Å²) in [5.74, 6) is -0.799. The number of hydrogen-bond acceptors (Lipinski definition) is 8. The lowest BCUT2D eigenvalue weighted by molar-refractivity contribution is -0.178. The Kier molecular flexibility index (Phi) is 4.88. The van der Waals surface area contributed by atoms with E-state index >= 15 is 0 Å². The van der Waals surface area contributed by atoms with Crippen molar-refractivity contribution in [3.63, 3.8) is 0 Å². The molecule has 1 heterocycles. The van der Waals surface area contributed by atoms with Crippen LogP contribution in [0.25, 0.3) is 0 Å². The zero-order valence-corrected chi connectivity index (χ0v) is 24.3. The largest absolute Gasteiger partial charge is 0.466 e. The molecule has 7 aliphatic carbocycles. The van der Waals surface area contributed by atoms with Crippen LogP contribution < -0.4 is 0 Å². The number of fused-ring (bicyclic) bond motifs is 7. The van der Waals surface area contributed by atoms with E-state index in [1.165, 1.54) is 12.7 Å². The third kappa shape index (κ3) is 2.68. The number of aliphatic hydroxyl groups is 2. The van der Waals surface area contributed by atoms with Crippen LogP contribution in [0, 0.1) is 58.2 Å². The maximum absolute atomic E-state index is 14.3. The molecule has 12 atom stereocenters. The molecule has 8 heteroatoms. The van der Waals surface area contributed by atoms with Crippen LogP contribution in [0.3, 0.4) is 0 Å². The van der Waals surface area contributed by atoms with Gasteiger partial charge in [-0.15, -0.1) is 0 Å². The van der Waals surface area contributed by atoms with Gasteiger partial charge in [-0.3, -0.25) is 4.79 Å². The first-order valence-corrected chi connectivity index (χ1v) is 15.2. The first-order chi connectivity index (χ1) is 19.4. The Balaban J connectivity index is 1.43. The SMILES string of the molecule is COC(=O)C(C)=C1C(=O)[C@H](O)[C@]2(C)C3=C(C[C@@H]4[C@]5(OC(=O)C(CO)=C5C[C@H]5[C@H](CC(C)=O)[C@H]6C[C@H]6[C@]45C)[C@@H]13)[C@H]1C[C@H]12. The van der Waals surface area contributed by atoms with E-state index in [2.05, 4.69) is 6.92 Å². The minimum absolute atomic E-state index is 0.136. The number of Topliss-reactive ketones (excluding diaryl/α,β-unsaturated/α-hetero) is 2. The highest BCUT2D eigenvalue weighted by molar-refractivity contribution is 6.09. The number of hydrogen-bond donors (Lipinski definition) is 2. The maximum atomic E-state index is 14.3. The fraction of sp³-hybridized carbons (Fsp3) is 0.697. The Bertz CT molecular complexity index is 1480. The topological polar surface area (TPSA) is 127 Å². The molecule has 41 heavy (non-hydrogen) atoms. The highest BCUT2D eigenvalue weighted by Gasteiger charge is 2.81. The van der Waals surface area contributed by atoms with Gasteiger partial charge in [0, 0.05) is 28.9 Å². The lowest BCUT2D eigenvalue weighted by Crippen LogP contribution is -2.66.